The van der Waals surface area contributed by atoms with E-state index in [2.05, 4.69) is 0 Å². The molecular formula is C16H15ClO2. The summed E-state index contributed by atoms with van der Waals surface area (Å²) in [6.45, 7) is 0.262. The molecule has 1 atom stereocenters. The van der Waals surface area contributed by atoms with E-state index in [-0.39, 0.29) is 12.6 Å². The molecule has 0 radical (unpaired) electrons. The minimum atomic E-state index is -0.647. The van der Waals surface area contributed by atoms with Gasteiger partial charge in [0.1, 0.15) is 12.0 Å². The summed E-state index contributed by atoms with van der Waals surface area (Å²) in [5.41, 5.74) is 1.98. The lowest BCUT2D eigenvalue weighted by atomic mass is 10.1. The highest BCUT2D eigenvalue weighted by molar-refractivity contribution is 6.30. The van der Waals surface area contributed by atoms with Gasteiger partial charge in [0.15, 0.2) is 0 Å². The van der Waals surface area contributed by atoms with Crippen molar-refractivity contribution in [1.29, 1.82) is 0 Å². The van der Waals surface area contributed by atoms with Crippen molar-refractivity contribution in [1.82, 2.24) is 0 Å². The van der Waals surface area contributed by atoms with Crippen LogP contribution in [0.5, 0.6) is 0 Å². The number of alkyl halides is 1. The molecule has 0 aromatic heterocycles. The molecule has 98 valence electrons. The normalized spacial score (nSPS) is 11.8. The Kier molecular flexibility index (Phi) is 4.99. The molecule has 0 bridgehead atoms. The van der Waals surface area contributed by atoms with E-state index in [1.165, 1.54) is 0 Å². The van der Waals surface area contributed by atoms with Crippen LogP contribution in [0.1, 0.15) is 11.1 Å². The summed E-state index contributed by atoms with van der Waals surface area (Å²) in [6, 6.07) is 19.2. The third-order valence-electron chi connectivity index (χ3n) is 2.74. The zero-order chi connectivity index (χ0) is 13.5. The highest BCUT2D eigenvalue weighted by Gasteiger charge is 2.17. The molecule has 0 N–H and O–H groups in total. The van der Waals surface area contributed by atoms with Crippen molar-refractivity contribution in [2.75, 3.05) is 0 Å². The molecule has 2 nitrogen and oxygen atoms in total. The Morgan fingerprint density at radius 2 is 1.47 bits per heavy atom. The van der Waals surface area contributed by atoms with Crippen molar-refractivity contribution < 1.29 is 9.53 Å². The Labute approximate surface area is 118 Å². The number of carbonyl (C=O) groups is 1. The van der Waals surface area contributed by atoms with Crippen LogP contribution in [0.3, 0.4) is 0 Å². The van der Waals surface area contributed by atoms with Crippen LogP contribution in [-0.4, -0.2) is 11.3 Å². The lowest BCUT2D eigenvalue weighted by Crippen LogP contribution is -2.20. The molecular weight excluding hydrogens is 260 g/mol. The SMILES string of the molecule is O=C(OCc1ccccc1)[C@@H](Cl)Cc1ccccc1. The van der Waals surface area contributed by atoms with Crippen LogP contribution in [-0.2, 0) is 22.6 Å². The van der Waals surface area contributed by atoms with Crippen LogP contribution in [0.2, 0.25) is 0 Å². The van der Waals surface area contributed by atoms with Crippen molar-refractivity contribution >= 4 is 17.6 Å². The van der Waals surface area contributed by atoms with Gasteiger partial charge in [0.2, 0.25) is 0 Å². The number of esters is 1. The smallest absolute Gasteiger partial charge is 0.324 e. The quantitative estimate of drug-likeness (QED) is 0.615. The molecule has 0 spiro atoms. The van der Waals surface area contributed by atoms with E-state index in [1.54, 1.807) is 0 Å². The van der Waals surface area contributed by atoms with Crippen molar-refractivity contribution in [3.05, 3.63) is 71.8 Å². The van der Waals surface area contributed by atoms with Gasteiger partial charge < -0.3 is 4.74 Å². The van der Waals surface area contributed by atoms with Crippen LogP contribution in [0.25, 0.3) is 0 Å². The van der Waals surface area contributed by atoms with Gasteiger partial charge in [-0.1, -0.05) is 60.7 Å². The molecule has 0 aliphatic carbocycles. The predicted octanol–water partition coefficient (Wildman–Crippen LogP) is 3.58. The minimum absolute atomic E-state index is 0.262. The molecule has 2 aromatic carbocycles. The summed E-state index contributed by atoms with van der Waals surface area (Å²) in [4.78, 5) is 11.8. The van der Waals surface area contributed by atoms with Crippen LogP contribution >= 0.6 is 11.6 Å². The Morgan fingerprint density at radius 3 is 2.05 bits per heavy atom. The molecule has 0 fully saturated rings. The lowest BCUT2D eigenvalue weighted by Gasteiger charge is -2.10. The molecule has 2 aromatic rings. The average molecular weight is 275 g/mol. The Hall–Kier alpha value is -1.80. The molecule has 0 saturated heterocycles. The van der Waals surface area contributed by atoms with Gasteiger partial charge in [-0.15, -0.1) is 11.6 Å². The van der Waals surface area contributed by atoms with E-state index in [0.29, 0.717) is 6.42 Å². The van der Waals surface area contributed by atoms with E-state index in [9.17, 15) is 4.79 Å². The largest absolute Gasteiger partial charge is 0.460 e. The number of carbonyl (C=O) groups excluding carboxylic acids is 1. The first-order valence-corrected chi connectivity index (χ1v) is 6.58. The van der Waals surface area contributed by atoms with Gasteiger partial charge in [-0.3, -0.25) is 4.79 Å². The van der Waals surface area contributed by atoms with E-state index < -0.39 is 5.38 Å². The van der Waals surface area contributed by atoms with E-state index in [1.807, 2.05) is 60.7 Å². The Balaban J connectivity index is 1.83. The zero-order valence-corrected chi connectivity index (χ0v) is 11.2. The number of benzene rings is 2. The number of hydrogen-bond donors (Lipinski definition) is 0. The highest BCUT2D eigenvalue weighted by atomic mass is 35.5. The number of hydrogen-bond acceptors (Lipinski definition) is 2. The lowest BCUT2D eigenvalue weighted by molar-refractivity contribution is -0.144. The Bertz CT molecular complexity index is 511. The third-order valence-corrected chi connectivity index (χ3v) is 3.07. The summed E-state index contributed by atoms with van der Waals surface area (Å²) in [5.74, 6) is -0.380. The molecule has 0 amide bonds. The summed E-state index contributed by atoms with van der Waals surface area (Å²) in [5, 5.41) is -0.647. The fourth-order valence-electron chi connectivity index (χ4n) is 1.72. The van der Waals surface area contributed by atoms with Gasteiger partial charge in [0.25, 0.3) is 0 Å². The Morgan fingerprint density at radius 1 is 0.947 bits per heavy atom. The number of ether oxygens (including phenoxy) is 1. The van der Waals surface area contributed by atoms with Crippen LogP contribution in [0.4, 0.5) is 0 Å². The molecule has 0 heterocycles. The third kappa shape index (κ3) is 4.42. The van der Waals surface area contributed by atoms with E-state index in [4.69, 9.17) is 16.3 Å². The van der Waals surface area contributed by atoms with Gasteiger partial charge in [-0.25, -0.2) is 0 Å². The second-order valence-electron chi connectivity index (χ2n) is 4.25. The molecule has 0 saturated carbocycles. The van der Waals surface area contributed by atoms with Gasteiger partial charge >= 0.3 is 5.97 Å². The number of rotatable bonds is 5. The fourth-order valence-corrected chi connectivity index (χ4v) is 1.96. The van der Waals surface area contributed by atoms with Crippen molar-refractivity contribution in [3.8, 4) is 0 Å². The van der Waals surface area contributed by atoms with E-state index in [0.717, 1.165) is 11.1 Å². The van der Waals surface area contributed by atoms with Gasteiger partial charge in [-0.05, 0) is 17.5 Å². The van der Waals surface area contributed by atoms with Crippen LogP contribution in [0, 0.1) is 0 Å². The molecule has 2 rings (SSSR count). The fraction of sp³-hybridized carbons (Fsp3) is 0.188. The highest BCUT2D eigenvalue weighted by Crippen LogP contribution is 2.11. The van der Waals surface area contributed by atoms with Crippen molar-refractivity contribution in [3.63, 3.8) is 0 Å². The van der Waals surface area contributed by atoms with Crippen LogP contribution in [0.15, 0.2) is 60.7 Å². The number of halogens is 1. The average Bonchev–Trinajstić information content (AvgIpc) is 2.47. The first-order valence-electron chi connectivity index (χ1n) is 6.14. The predicted molar refractivity (Wildman–Crippen MR) is 76.0 cm³/mol. The first kappa shape index (κ1) is 13.6. The topological polar surface area (TPSA) is 26.3 Å². The molecule has 0 unspecified atom stereocenters. The zero-order valence-electron chi connectivity index (χ0n) is 10.5. The summed E-state index contributed by atoms with van der Waals surface area (Å²) in [7, 11) is 0. The van der Waals surface area contributed by atoms with Gasteiger partial charge in [0.05, 0.1) is 0 Å². The minimum Gasteiger partial charge on any atom is -0.460 e. The second-order valence-corrected chi connectivity index (χ2v) is 4.78. The van der Waals surface area contributed by atoms with Gasteiger partial charge in [0, 0.05) is 0 Å². The molecule has 19 heavy (non-hydrogen) atoms. The van der Waals surface area contributed by atoms with Crippen LogP contribution < -0.4 is 0 Å². The molecule has 0 aliphatic rings. The van der Waals surface area contributed by atoms with Crippen molar-refractivity contribution in [2.24, 2.45) is 0 Å². The monoisotopic (exact) mass is 274 g/mol. The summed E-state index contributed by atoms with van der Waals surface area (Å²) in [6.07, 6.45) is 0.482. The second kappa shape index (κ2) is 6.95. The maximum Gasteiger partial charge on any atom is 0.324 e. The summed E-state index contributed by atoms with van der Waals surface area (Å²) >= 11 is 6.06. The van der Waals surface area contributed by atoms with Crippen molar-refractivity contribution in [2.45, 2.75) is 18.4 Å². The van der Waals surface area contributed by atoms with E-state index >= 15 is 0 Å². The first-order chi connectivity index (χ1) is 9.25. The molecule has 3 heteroatoms. The maximum absolute atomic E-state index is 11.8. The standard InChI is InChI=1S/C16H15ClO2/c17-15(11-13-7-3-1-4-8-13)16(18)19-12-14-9-5-2-6-10-14/h1-10,15H,11-12H2/t15-/m0/s1. The van der Waals surface area contributed by atoms with Gasteiger partial charge in [-0.2, -0.15) is 0 Å². The molecule has 0 aliphatic heterocycles. The summed E-state index contributed by atoms with van der Waals surface area (Å²) < 4.78 is 5.19. The maximum atomic E-state index is 11.8.